The van der Waals surface area contributed by atoms with Crippen molar-refractivity contribution < 1.29 is 14.1 Å². The van der Waals surface area contributed by atoms with Gasteiger partial charge in [0, 0.05) is 18.2 Å². The minimum atomic E-state index is -0.792. The van der Waals surface area contributed by atoms with Crippen molar-refractivity contribution in [2.45, 2.75) is 32.7 Å². The van der Waals surface area contributed by atoms with E-state index in [1.807, 2.05) is 6.07 Å². The van der Waals surface area contributed by atoms with Crippen LogP contribution in [0.5, 0.6) is 0 Å². The summed E-state index contributed by atoms with van der Waals surface area (Å²) in [4.78, 5) is 22.0. The Balaban J connectivity index is 3.09. The molecule has 0 bridgehead atoms. The van der Waals surface area contributed by atoms with Crippen molar-refractivity contribution in [1.82, 2.24) is 5.32 Å². The molecular formula is C13H14FN3O3. The molecule has 0 aliphatic carbocycles. The third-order valence-corrected chi connectivity index (χ3v) is 2.86. The molecule has 0 aliphatic rings. The Morgan fingerprint density at radius 2 is 2.25 bits per heavy atom. The summed E-state index contributed by atoms with van der Waals surface area (Å²) < 4.78 is 13.9. The zero-order chi connectivity index (χ0) is 15.3. The van der Waals surface area contributed by atoms with Gasteiger partial charge >= 0.3 is 0 Å². The smallest absolute Gasteiger partial charge is 0.270 e. The number of benzene rings is 1. The Kier molecular flexibility index (Phi) is 5.15. The number of nitro groups is 1. The number of nitro benzene ring substituents is 1. The molecule has 6 nitrogen and oxygen atoms in total. The van der Waals surface area contributed by atoms with Gasteiger partial charge in [-0.05, 0) is 18.9 Å². The SMILES string of the molecule is CCC(CC#N)NC(=O)c1cc([N+](=O)[O-])cc(C)c1F. The van der Waals surface area contributed by atoms with E-state index in [4.69, 9.17) is 5.26 Å². The Labute approximate surface area is 115 Å². The summed E-state index contributed by atoms with van der Waals surface area (Å²) in [5.74, 6) is -1.55. The van der Waals surface area contributed by atoms with Crippen LogP contribution in [0, 0.1) is 34.2 Å². The first-order valence-corrected chi connectivity index (χ1v) is 6.03. The second kappa shape index (κ2) is 6.61. The van der Waals surface area contributed by atoms with Gasteiger partial charge in [-0.15, -0.1) is 0 Å². The summed E-state index contributed by atoms with van der Waals surface area (Å²) in [5, 5.41) is 21.8. The summed E-state index contributed by atoms with van der Waals surface area (Å²) in [6, 6.07) is 3.47. The van der Waals surface area contributed by atoms with Crippen LogP contribution in [-0.2, 0) is 0 Å². The van der Waals surface area contributed by atoms with Crippen molar-refractivity contribution in [3.63, 3.8) is 0 Å². The van der Waals surface area contributed by atoms with Gasteiger partial charge in [-0.1, -0.05) is 6.92 Å². The lowest BCUT2D eigenvalue weighted by Crippen LogP contribution is -2.34. The summed E-state index contributed by atoms with van der Waals surface area (Å²) in [5.41, 5.74) is -0.701. The van der Waals surface area contributed by atoms with E-state index in [9.17, 15) is 19.3 Å². The highest BCUT2D eigenvalue weighted by molar-refractivity contribution is 5.95. The van der Waals surface area contributed by atoms with Crippen LogP contribution in [0.3, 0.4) is 0 Å². The van der Waals surface area contributed by atoms with E-state index in [-0.39, 0.29) is 23.2 Å². The highest BCUT2D eigenvalue weighted by atomic mass is 19.1. The van der Waals surface area contributed by atoms with Gasteiger partial charge in [-0.2, -0.15) is 5.26 Å². The van der Waals surface area contributed by atoms with Gasteiger partial charge in [0.1, 0.15) is 5.82 Å². The maximum absolute atomic E-state index is 13.9. The van der Waals surface area contributed by atoms with E-state index >= 15 is 0 Å². The van der Waals surface area contributed by atoms with Gasteiger partial charge in [0.25, 0.3) is 11.6 Å². The summed E-state index contributed by atoms with van der Waals surface area (Å²) in [6.07, 6.45) is 0.604. The molecule has 1 aromatic carbocycles. The largest absolute Gasteiger partial charge is 0.348 e. The van der Waals surface area contributed by atoms with Crippen molar-refractivity contribution >= 4 is 11.6 Å². The highest BCUT2D eigenvalue weighted by Crippen LogP contribution is 2.21. The molecule has 0 aliphatic heterocycles. The van der Waals surface area contributed by atoms with Gasteiger partial charge in [-0.25, -0.2) is 4.39 Å². The van der Waals surface area contributed by atoms with Crippen molar-refractivity contribution in [1.29, 1.82) is 5.26 Å². The molecule has 1 unspecified atom stereocenters. The average Bonchev–Trinajstić information content (AvgIpc) is 2.40. The number of aryl methyl sites for hydroxylation is 1. The molecule has 0 radical (unpaired) electrons. The Morgan fingerprint density at radius 1 is 1.60 bits per heavy atom. The zero-order valence-corrected chi connectivity index (χ0v) is 11.1. The number of nitrogens with zero attached hydrogens (tertiary/aromatic N) is 2. The lowest BCUT2D eigenvalue weighted by molar-refractivity contribution is -0.385. The fourth-order valence-electron chi connectivity index (χ4n) is 1.69. The maximum Gasteiger partial charge on any atom is 0.270 e. The average molecular weight is 279 g/mol. The van der Waals surface area contributed by atoms with Crippen LogP contribution < -0.4 is 5.32 Å². The Hall–Kier alpha value is -2.49. The molecule has 1 atom stereocenters. The third-order valence-electron chi connectivity index (χ3n) is 2.86. The van der Waals surface area contributed by atoms with Crippen LogP contribution in [0.15, 0.2) is 12.1 Å². The minimum absolute atomic E-state index is 0.0256. The first-order valence-electron chi connectivity index (χ1n) is 6.03. The molecule has 1 amide bonds. The number of nitriles is 1. The van der Waals surface area contributed by atoms with Crippen LogP contribution in [0.2, 0.25) is 0 Å². The molecule has 0 heterocycles. The van der Waals surface area contributed by atoms with Crippen LogP contribution in [-0.4, -0.2) is 16.9 Å². The third kappa shape index (κ3) is 3.51. The second-order valence-electron chi connectivity index (χ2n) is 4.32. The molecule has 0 aromatic heterocycles. The van der Waals surface area contributed by atoms with E-state index in [1.54, 1.807) is 6.92 Å². The first kappa shape index (κ1) is 15.6. The second-order valence-corrected chi connectivity index (χ2v) is 4.32. The van der Waals surface area contributed by atoms with Gasteiger partial charge in [0.05, 0.1) is 23.0 Å². The predicted molar refractivity (Wildman–Crippen MR) is 69.6 cm³/mol. The van der Waals surface area contributed by atoms with Gasteiger partial charge < -0.3 is 5.32 Å². The molecular weight excluding hydrogens is 265 g/mol. The molecule has 0 fully saturated rings. The molecule has 1 aromatic rings. The molecule has 20 heavy (non-hydrogen) atoms. The lowest BCUT2D eigenvalue weighted by Gasteiger charge is -2.14. The van der Waals surface area contributed by atoms with E-state index < -0.39 is 22.7 Å². The Bertz CT molecular complexity index is 581. The standard InChI is InChI=1S/C13H14FN3O3/c1-3-9(4-5-15)16-13(18)11-7-10(17(19)20)6-8(2)12(11)14/h6-7,9H,3-4H2,1-2H3,(H,16,18). The topological polar surface area (TPSA) is 96.0 Å². The number of amides is 1. The van der Waals surface area contributed by atoms with Crippen molar-refractivity contribution in [3.8, 4) is 6.07 Å². The predicted octanol–water partition coefficient (Wildman–Crippen LogP) is 2.46. The molecule has 0 spiro atoms. The molecule has 0 saturated heterocycles. The molecule has 106 valence electrons. The molecule has 0 saturated carbocycles. The minimum Gasteiger partial charge on any atom is -0.348 e. The van der Waals surface area contributed by atoms with Gasteiger partial charge in [0.2, 0.25) is 0 Å². The zero-order valence-electron chi connectivity index (χ0n) is 11.1. The normalized spacial score (nSPS) is 11.5. The number of rotatable bonds is 5. The van der Waals surface area contributed by atoms with Crippen molar-refractivity contribution in [3.05, 3.63) is 39.2 Å². The van der Waals surface area contributed by atoms with E-state index in [0.717, 1.165) is 12.1 Å². The fourth-order valence-corrected chi connectivity index (χ4v) is 1.69. The number of non-ortho nitro benzene ring substituents is 1. The van der Waals surface area contributed by atoms with Crippen LogP contribution in [0.25, 0.3) is 0 Å². The van der Waals surface area contributed by atoms with Crippen molar-refractivity contribution in [2.75, 3.05) is 0 Å². The number of hydrogen-bond donors (Lipinski definition) is 1. The maximum atomic E-state index is 13.9. The monoisotopic (exact) mass is 279 g/mol. The van der Waals surface area contributed by atoms with E-state index in [2.05, 4.69) is 5.32 Å². The highest BCUT2D eigenvalue weighted by Gasteiger charge is 2.21. The number of halogens is 1. The number of carbonyl (C=O) groups is 1. The van der Waals surface area contributed by atoms with Crippen LogP contribution >= 0.6 is 0 Å². The number of nitrogens with one attached hydrogen (secondary N) is 1. The number of carbonyl (C=O) groups excluding carboxylic acids is 1. The fraction of sp³-hybridized carbons (Fsp3) is 0.385. The van der Waals surface area contributed by atoms with Crippen LogP contribution in [0.4, 0.5) is 10.1 Å². The quantitative estimate of drug-likeness (QED) is 0.661. The summed E-state index contributed by atoms with van der Waals surface area (Å²) in [7, 11) is 0. The molecule has 7 heteroatoms. The summed E-state index contributed by atoms with van der Waals surface area (Å²) in [6.45, 7) is 3.13. The molecule has 1 N–H and O–H groups in total. The van der Waals surface area contributed by atoms with Gasteiger partial charge in [-0.3, -0.25) is 14.9 Å². The van der Waals surface area contributed by atoms with E-state index in [0.29, 0.717) is 6.42 Å². The first-order chi connectivity index (χ1) is 9.40. The summed E-state index contributed by atoms with van der Waals surface area (Å²) >= 11 is 0. The lowest BCUT2D eigenvalue weighted by atomic mass is 10.1. The number of hydrogen-bond acceptors (Lipinski definition) is 4. The Morgan fingerprint density at radius 3 is 2.75 bits per heavy atom. The van der Waals surface area contributed by atoms with E-state index in [1.165, 1.54) is 6.92 Å². The van der Waals surface area contributed by atoms with Gasteiger partial charge in [0.15, 0.2) is 0 Å². The van der Waals surface area contributed by atoms with Crippen LogP contribution in [0.1, 0.15) is 35.7 Å². The van der Waals surface area contributed by atoms with Crippen molar-refractivity contribution in [2.24, 2.45) is 0 Å². The molecule has 1 rings (SSSR count).